The van der Waals surface area contributed by atoms with Gasteiger partial charge in [-0.2, -0.15) is 11.8 Å². The molecule has 1 rings (SSSR count). The second kappa shape index (κ2) is 6.23. The van der Waals surface area contributed by atoms with Crippen molar-refractivity contribution in [3.8, 4) is 0 Å². The summed E-state index contributed by atoms with van der Waals surface area (Å²) in [5.41, 5.74) is 5.46. The standard InChI is InChI=1S/C10H17N3O2S2/c1-3-16-7-8(2)13-17(14,15)9-4-5-12-10(11)6-9/h4-6,8,13H,3,7H2,1-2H3,(H2,11,12). The maximum absolute atomic E-state index is 12.0. The summed E-state index contributed by atoms with van der Waals surface area (Å²) >= 11 is 1.69. The van der Waals surface area contributed by atoms with Crippen molar-refractivity contribution in [2.24, 2.45) is 0 Å². The third-order valence-corrected chi connectivity index (χ3v) is 4.72. The van der Waals surface area contributed by atoms with Gasteiger partial charge in [0.2, 0.25) is 10.0 Å². The molecule has 7 heteroatoms. The van der Waals surface area contributed by atoms with E-state index in [0.717, 1.165) is 11.5 Å². The van der Waals surface area contributed by atoms with Crippen LogP contribution in [0.25, 0.3) is 0 Å². The Balaban J connectivity index is 2.75. The van der Waals surface area contributed by atoms with Gasteiger partial charge in [-0.3, -0.25) is 0 Å². The number of aromatic nitrogens is 1. The Labute approximate surface area is 106 Å². The molecule has 0 radical (unpaired) electrons. The SMILES string of the molecule is CCSCC(C)NS(=O)(=O)c1ccnc(N)c1. The predicted molar refractivity (Wildman–Crippen MR) is 71.4 cm³/mol. The van der Waals surface area contributed by atoms with E-state index >= 15 is 0 Å². The van der Waals surface area contributed by atoms with Gasteiger partial charge in [0, 0.05) is 24.1 Å². The third-order valence-electron chi connectivity index (χ3n) is 1.99. The summed E-state index contributed by atoms with van der Waals surface area (Å²) in [7, 11) is -3.50. The molecule has 1 aromatic heterocycles. The van der Waals surface area contributed by atoms with Crippen molar-refractivity contribution in [2.75, 3.05) is 17.2 Å². The van der Waals surface area contributed by atoms with Gasteiger partial charge in [-0.25, -0.2) is 18.1 Å². The molecule has 0 aromatic carbocycles. The molecule has 0 amide bonds. The molecule has 0 fully saturated rings. The van der Waals surface area contributed by atoms with E-state index in [9.17, 15) is 8.42 Å². The maximum atomic E-state index is 12.0. The number of sulfonamides is 1. The fraction of sp³-hybridized carbons (Fsp3) is 0.500. The number of rotatable bonds is 6. The molecule has 0 saturated carbocycles. The molecule has 0 aliphatic rings. The van der Waals surface area contributed by atoms with Crippen LogP contribution < -0.4 is 10.5 Å². The van der Waals surface area contributed by atoms with E-state index in [0.29, 0.717) is 0 Å². The zero-order valence-corrected chi connectivity index (χ0v) is 11.5. The van der Waals surface area contributed by atoms with E-state index in [1.165, 1.54) is 18.3 Å². The van der Waals surface area contributed by atoms with Crippen molar-refractivity contribution in [1.29, 1.82) is 0 Å². The predicted octanol–water partition coefficient (Wildman–Crippen LogP) is 1.08. The monoisotopic (exact) mass is 275 g/mol. The molecule has 0 bridgehead atoms. The molecule has 1 unspecified atom stereocenters. The summed E-state index contributed by atoms with van der Waals surface area (Å²) < 4.78 is 26.5. The lowest BCUT2D eigenvalue weighted by Crippen LogP contribution is -2.34. The summed E-state index contributed by atoms with van der Waals surface area (Å²) in [6.45, 7) is 3.88. The van der Waals surface area contributed by atoms with E-state index < -0.39 is 10.0 Å². The number of hydrogen-bond acceptors (Lipinski definition) is 5. The number of anilines is 1. The van der Waals surface area contributed by atoms with Gasteiger partial charge < -0.3 is 5.73 Å². The Bertz CT molecular complexity index is 462. The molecule has 3 N–H and O–H groups in total. The lowest BCUT2D eigenvalue weighted by Gasteiger charge is -2.13. The Kier molecular flexibility index (Phi) is 5.23. The Morgan fingerprint density at radius 1 is 1.59 bits per heavy atom. The average molecular weight is 275 g/mol. The Morgan fingerprint density at radius 2 is 2.29 bits per heavy atom. The van der Waals surface area contributed by atoms with Gasteiger partial charge in [-0.05, 0) is 18.7 Å². The zero-order chi connectivity index (χ0) is 12.9. The van der Waals surface area contributed by atoms with Crippen molar-refractivity contribution in [2.45, 2.75) is 24.8 Å². The van der Waals surface area contributed by atoms with Crippen LogP contribution in [0.1, 0.15) is 13.8 Å². The number of thioether (sulfide) groups is 1. The molecule has 1 aromatic rings. The number of nitrogens with two attached hydrogens (primary N) is 1. The summed E-state index contributed by atoms with van der Waals surface area (Å²) in [4.78, 5) is 3.91. The minimum atomic E-state index is -3.50. The summed E-state index contributed by atoms with van der Waals surface area (Å²) in [5, 5.41) is 0. The van der Waals surface area contributed by atoms with Gasteiger partial charge in [-0.15, -0.1) is 0 Å². The van der Waals surface area contributed by atoms with Crippen LogP contribution in [0.4, 0.5) is 5.82 Å². The van der Waals surface area contributed by atoms with E-state index in [1.807, 2.05) is 13.8 Å². The number of nitrogen functional groups attached to an aromatic ring is 1. The molecular formula is C10H17N3O2S2. The quantitative estimate of drug-likeness (QED) is 0.811. The van der Waals surface area contributed by atoms with Gasteiger partial charge in [-0.1, -0.05) is 6.92 Å². The summed E-state index contributed by atoms with van der Waals surface area (Å²) in [6, 6.07) is 2.67. The molecule has 0 spiro atoms. The third kappa shape index (κ3) is 4.53. The normalized spacial score (nSPS) is 13.5. The fourth-order valence-electron chi connectivity index (χ4n) is 1.26. The van der Waals surface area contributed by atoms with Crippen molar-refractivity contribution >= 4 is 27.6 Å². The van der Waals surface area contributed by atoms with Crippen molar-refractivity contribution in [3.05, 3.63) is 18.3 Å². The molecule has 96 valence electrons. The van der Waals surface area contributed by atoms with Crippen LogP contribution in [0, 0.1) is 0 Å². The van der Waals surface area contributed by atoms with E-state index in [-0.39, 0.29) is 16.8 Å². The molecule has 1 atom stereocenters. The first kappa shape index (κ1) is 14.3. The van der Waals surface area contributed by atoms with Gasteiger partial charge >= 0.3 is 0 Å². The lowest BCUT2D eigenvalue weighted by atomic mass is 10.4. The van der Waals surface area contributed by atoms with Crippen molar-refractivity contribution in [3.63, 3.8) is 0 Å². The molecule has 5 nitrogen and oxygen atoms in total. The number of pyridine rings is 1. The molecule has 1 heterocycles. The van der Waals surface area contributed by atoms with Gasteiger partial charge in [0.1, 0.15) is 5.82 Å². The Morgan fingerprint density at radius 3 is 2.88 bits per heavy atom. The molecule has 0 saturated heterocycles. The van der Waals surface area contributed by atoms with Crippen LogP contribution in [-0.2, 0) is 10.0 Å². The van der Waals surface area contributed by atoms with E-state index in [1.54, 1.807) is 11.8 Å². The second-order valence-corrected chi connectivity index (χ2v) is 6.63. The highest BCUT2D eigenvalue weighted by Gasteiger charge is 2.17. The first-order valence-corrected chi connectivity index (χ1v) is 7.91. The number of nitrogens with zero attached hydrogens (tertiary/aromatic N) is 1. The van der Waals surface area contributed by atoms with Crippen LogP contribution in [0.3, 0.4) is 0 Å². The van der Waals surface area contributed by atoms with Gasteiger partial charge in [0.05, 0.1) is 4.90 Å². The topological polar surface area (TPSA) is 85.1 Å². The highest BCUT2D eigenvalue weighted by molar-refractivity contribution is 7.99. The molecule has 17 heavy (non-hydrogen) atoms. The average Bonchev–Trinajstić information content (AvgIpc) is 2.26. The molecule has 0 aliphatic heterocycles. The molecular weight excluding hydrogens is 258 g/mol. The highest BCUT2D eigenvalue weighted by Crippen LogP contribution is 2.12. The minimum absolute atomic E-state index is 0.112. The van der Waals surface area contributed by atoms with Crippen LogP contribution >= 0.6 is 11.8 Å². The second-order valence-electron chi connectivity index (χ2n) is 3.60. The lowest BCUT2D eigenvalue weighted by molar-refractivity contribution is 0.571. The number of hydrogen-bond donors (Lipinski definition) is 2. The smallest absolute Gasteiger partial charge is 0.241 e. The van der Waals surface area contributed by atoms with E-state index in [4.69, 9.17) is 5.73 Å². The van der Waals surface area contributed by atoms with E-state index in [2.05, 4.69) is 9.71 Å². The summed E-state index contributed by atoms with van der Waals surface area (Å²) in [6.07, 6.45) is 1.38. The summed E-state index contributed by atoms with van der Waals surface area (Å²) in [5.74, 6) is 1.91. The highest BCUT2D eigenvalue weighted by atomic mass is 32.2. The molecule has 0 aliphatic carbocycles. The van der Waals surface area contributed by atoms with Gasteiger partial charge in [0.15, 0.2) is 0 Å². The number of nitrogens with one attached hydrogen (secondary N) is 1. The maximum Gasteiger partial charge on any atom is 0.241 e. The van der Waals surface area contributed by atoms with Crippen LogP contribution in [0.15, 0.2) is 23.2 Å². The van der Waals surface area contributed by atoms with Crippen LogP contribution in [-0.4, -0.2) is 30.9 Å². The largest absolute Gasteiger partial charge is 0.384 e. The zero-order valence-electron chi connectivity index (χ0n) is 9.88. The van der Waals surface area contributed by atoms with Gasteiger partial charge in [0.25, 0.3) is 0 Å². The van der Waals surface area contributed by atoms with Crippen molar-refractivity contribution in [1.82, 2.24) is 9.71 Å². The Hall–Kier alpha value is -0.790. The fourth-order valence-corrected chi connectivity index (χ4v) is 3.30. The first-order chi connectivity index (χ1) is 7.95. The van der Waals surface area contributed by atoms with Crippen LogP contribution in [0.2, 0.25) is 0 Å². The van der Waals surface area contributed by atoms with Crippen LogP contribution in [0.5, 0.6) is 0 Å². The first-order valence-electron chi connectivity index (χ1n) is 5.27. The van der Waals surface area contributed by atoms with Crippen molar-refractivity contribution < 1.29 is 8.42 Å². The minimum Gasteiger partial charge on any atom is -0.384 e.